The average molecular weight is 303 g/mol. The quantitative estimate of drug-likeness (QED) is 0.849. The second-order valence-electron chi connectivity index (χ2n) is 7.44. The summed E-state index contributed by atoms with van der Waals surface area (Å²) in [6, 6.07) is 8.24. The van der Waals surface area contributed by atoms with Gasteiger partial charge in [-0.2, -0.15) is 0 Å². The van der Waals surface area contributed by atoms with E-state index in [1.807, 2.05) is 24.3 Å². The molecule has 22 heavy (non-hydrogen) atoms. The van der Waals surface area contributed by atoms with Crippen LogP contribution in [0.5, 0.6) is 0 Å². The van der Waals surface area contributed by atoms with Crippen LogP contribution in [0.2, 0.25) is 0 Å². The second-order valence-corrected chi connectivity index (χ2v) is 7.44. The molecule has 0 unspecified atom stereocenters. The Kier molecular flexibility index (Phi) is 5.63. The molecule has 1 aliphatic rings. The van der Waals surface area contributed by atoms with Gasteiger partial charge in [0.25, 0.3) is 0 Å². The number of methoxy groups -OCH3 is 1. The van der Waals surface area contributed by atoms with Gasteiger partial charge in [-0.25, -0.2) is 4.79 Å². The van der Waals surface area contributed by atoms with Crippen LogP contribution in [0, 0.1) is 11.3 Å². The van der Waals surface area contributed by atoms with Crippen LogP contribution < -0.4 is 5.32 Å². The molecule has 122 valence electrons. The highest BCUT2D eigenvalue weighted by Crippen LogP contribution is 2.37. The Hall–Kier alpha value is -1.35. The van der Waals surface area contributed by atoms with Crippen molar-refractivity contribution in [2.45, 2.75) is 59.0 Å². The summed E-state index contributed by atoms with van der Waals surface area (Å²) in [5.74, 6) is 0.571. The topological polar surface area (TPSA) is 38.3 Å². The Morgan fingerprint density at radius 3 is 2.41 bits per heavy atom. The maximum absolute atomic E-state index is 11.8. The minimum atomic E-state index is -0.256. The van der Waals surface area contributed by atoms with Gasteiger partial charge in [-0.1, -0.05) is 39.0 Å². The van der Waals surface area contributed by atoms with E-state index in [1.54, 1.807) is 0 Å². The lowest BCUT2D eigenvalue weighted by Gasteiger charge is -2.37. The number of carbonyl (C=O) groups is 1. The van der Waals surface area contributed by atoms with E-state index in [0.29, 0.717) is 17.0 Å². The van der Waals surface area contributed by atoms with Gasteiger partial charge in [0, 0.05) is 12.6 Å². The molecule has 2 rings (SSSR count). The number of nitrogens with one attached hydrogen (secondary N) is 1. The smallest absolute Gasteiger partial charge is 0.338 e. The van der Waals surface area contributed by atoms with Gasteiger partial charge in [0.05, 0.1) is 12.7 Å². The van der Waals surface area contributed by atoms with E-state index < -0.39 is 0 Å². The maximum Gasteiger partial charge on any atom is 0.338 e. The van der Waals surface area contributed by atoms with E-state index >= 15 is 0 Å². The zero-order chi connectivity index (χ0) is 16.2. The van der Waals surface area contributed by atoms with Crippen LogP contribution in [-0.4, -0.2) is 19.1 Å². The van der Waals surface area contributed by atoms with Crippen molar-refractivity contribution < 1.29 is 9.53 Å². The van der Waals surface area contributed by atoms with Crippen molar-refractivity contribution in [3.8, 4) is 0 Å². The molecular formula is C19H29NO2. The maximum atomic E-state index is 11.8. The number of ether oxygens (including phenoxy) is 1. The predicted molar refractivity (Wildman–Crippen MR) is 89.8 cm³/mol. The van der Waals surface area contributed by atoms with Gasteiger partial charge in [-0.15, -0.1) is 0 Å². The third-order valence-corrected chi connectivity index (χ3v) is 4.96. The lowest BCUT2D eigenvalue weighted by Crippen LogP contribution is -2.36. The number of hydrogen-bond donors (Lipinski definition) is 1. The molecule has 0 amide bonds. The fourth-order valence-electron chi connectivity index (χ4n) is 3.40. The van der Waals surface area contributed by atoms with Gasteiger partial charge < -0.3 is 10.1 Å². The fourth-order valence-corrected chi connectivity index (χ4v) is 3.40. The van der Waals surface area contributed by atoms with Crippen molar-refractivity contribution in [2.24, 2.45) is 11.3 Å². The number of hydrogen-bond acceptors (Lipinski definition) is 3. The second kappa shape index (κ2) is 7.28. The minimum Gasteiger partial charge on any atom is -0.465 e. The van der Waals surface area contributed by atoms with Crippen LogP contribution in [0.4, 0.5) is 0 Å². The Labute approximate surface area is 134 Å². The lowest BCUT2D eigenvalue weighted by molar-refractivity contribution is 0.0599. The van der Waals surface area contributed by atoms with Gasteiger partial charge >= 0.3 is 5.97 Å². The van der Waals surface area contributed by atoms with Gasteiger partial charge in [-0.05, 0) is 48.6 Å². The molecule has 3 heteroatoms. The fraction of sp³-hybridized carbons (Fsp3) is 0.632. The third-order valence-electron chi connectivity index (χ3n) is 4.96. The lowest BCUT2D eigenvalue weighted by atomic mass is 9.71. The third kappa shape index (κ3) is 4.33. The largest absolute Gasteiger partial charge is 0.465 e. The van der Waals surface area contributed by atoms with Crippen LogP contribution in [0.25, 0.3) is 0 Å². The molecule has 1 aromatic rings. The van der Waals surface area contributed by atoms with Crippen LogP contribution in [0.1, 0.15) is 62.4 Å². The summed E-state index contributed by atoms with van der Waals surface area (Å²) in [5.41, 5.74) is 2.11. The molecule has 1 N–H and O–H groups in total. The van der Waals surface area contributed by atoms with Crippen LogP contribution in [0.15, 0.2) is 24.3 Å². The molecule has 0 aliphatic heterocycles. The predicted octanol–water partition coefficient (Wildman–Crippen LogP) is 4.17. The summed E-state index contributed by atoms with van der Waals surface area (Å²) >= 11 is 0. The minimum absolute atomic E-state index is 0.256. The molecule has 0 spiro atoms. The summed E-state index contributed by atoms with van der Waals surface area (Å²) in [5, 5.41) is 3.62. The Morgan fingerprint density at radius 2 is 1.82 bits per heavy atom. The number of benzene rings is 1. The van der Waals surface area contributed by atoms with Crippen LogP contribution in [0.3, 0.4) is 0 Å². The Balaban J connectivity index is 1.89. The molecule has 1 saturated carbocycles. The Morgan fingerprint density at radius 1 is 1.18 bits per heavy atom. The zero-order valence-corrected chi connectivity index (χ0v) is 14.3. The highest BCUT2D eigenvalue weighted by atomic mass is 16.5. The molecule has 0 radical (unpaired) electrons. The molecule has 3 nitrogen and oxygen atoms in total. The van der Waals surface area contributed by atoms with Crippen molar-refractivity contribution in [1.29, 1.82) is 0 Å². The van der Waals surface area contributed by atoms with Crippen LogP contribution >= 0.6 is 0 Å². The molecule has 1 aromatic carbocycles. The van der Waals surface area contributed by atoms with E-state index in [-0.39, 0.29) is 5.97 Å². The standard InChI is InChI=1S/C19H29NO2/c1-19(2,3)15-9-11-16(12-10-15)20-13-14-7-5-6-8-17(14)18(21)22-4/h5-8,15-16,20H,9-13H2,1-4H3/t15-,16-. The number of esters is 1. The van der Waals surface area contributed by atoms with Crippen molar-refractivity contribution in [2.75, 3.05) is 7.11 Å². The van der Waals surface area contributed by atoms with Crippen molar-refractivity contribution >= 4 is 5.97 Å². The Bertz CT molecular complexity index is 496. The summed E-state index contributed by atoms with van der Waals surface area (Å²) in [6.07, 6.45) is 5.03. The summed E-state index contributed by atoms with van der Waals surface area (Å²) in [7, 11) is 1.43. The molecule has 0 bridgehead atoms. The molecule has 0 atom stereocenters. The van der Waals surface area contributed by atoms with Gasteiger partial charge in [0.1, 0.15) is 0 Å². The number of carbonyl (C=O) groups excluding carboxylic acids is 1. The van der Waals surface area contributed by atoms with Crippen molar-refractivity contribution in [1.82, 2.24) is 5.32 Å². The molecule has 1 fully saturated rings. The van der Waals surface area contributed by atoms with Gasteiger partial charge in [0.15, 0.2) is 0 Å². The highest BCUT2D eigenvalue weighted by molar-refractivity contribution is 5.90. The van der Waals surface area contributed by atoms with E-state index in [1.165, 1.54) is 32.8 Å². The molecule has 1 aliphatic carbocycles. The first-order valence-electron chi connectivity index (χ1n) is 8.31. The monoisotopic (exact) mass is 303 g/mol. The van der Waals surface area contributed by atoms with E-state index in [2.05, 4.69) is 26.1 Å². The summed E-state index contributed by atoms with van der Waals surface area (Å²) in [4.78, 5) is 11.8. The summed E-state index contributed by atoms with van der Waals surface area (Å²) in [6.45, 7) is 7.77. The number of rotatable bonds is 4. The van der Waals surface area contributed by atoms with E-state index in [0.717, 1.165) is 18.0 Å². The van der Waals surface area contributed by atoms with E-state index in [4.69, 9.17) is 4.74 Å². The zero-order valence-electron chi connectivity index (χ0n) is 14.3. The molecule has 0 saturated heterocycles. The first kappa shape index (κ1) is 17.0. The average Bonchev–Trinajstić information content (AvgIpc) is 2.52. The first-order chi connectivity index (χ1) is 10.4. The SMILES string of the molecule is COC(=O)c1ccccc1CN[C@H]1CC[C@H](C(C)(C)C)CC1. The molecule has 0 heterocycles. The van der Waals surface area contributed by atoms with Gasteiger partial charge in [0.2, 0.25) is 0 Å². The van der Waals surface area contributed by atoms with Gasteiger partial charge in [-0.3, -0.25) is 0 Å². The first-order valence-corrected chi connectivity index (χ1v) is 8.31. The van der Waals surface area contributed by atoms with E-state index in [9.17, 15) is 4.79 Å². The summed E-state index contributed by atoms with van der Waals surface area (Å²) < 4.78 is 4.85. The van der Waals surface area contributed by atoms with Crippen molar-refractivity contribution in [3.63, 3.8) is 0 Å². The van der Waals surface area contributed by atoms with Crippen molar-refractivity contribution in [3.05, 3.63) is 35.4 Å². The normalized spacial score (nSPS) is 22.4. The molecular weight excluding hydrogens is 274 g/mol. The molecule has 0 aromatic heterocycles. The highest BCUT2D eigenvalue weighted by Gasteiger charge is 2.29. The van der Waals surface area contributed by atoms with Crippen LogP contribution in [-0.2, 0) is 11.3 Å².